The molecule has 5 heteroatoms. The zero-order chi connectivity index (χ0) is 9.72. The SMILES string of the molecule is C[C@@H](CCC(N)=O)[C@H](N)C(=O)O. The minimum Gasteiger partial charge on any atom is -0.480 e. The van der Waals surface area contributed by atoms with Crippen LogP contribution in [0.4, 0.5) is 0 Å². The molecule has 5 nitrogen and oxygen atoms in total. The lowest BCUT2D eigenvalue weighted by Crippen LogP contribution is -2.37. The van der Waals surface area contributed by atoms with Gasteiger partial charge in [-0.15, -0.1) is 0 Å². The molecular formula is C7H14N2O3. The van der Waals surface area contributed by atoms with Gasteiger partial charge in [-0.3, -0.25) is 9.59 Å². The van der Waals surface area contributed by atoms with Crippen molar-refractivity contribution in [2.45, 2.75) is 25.8 Å². The smallest absolute Gasteiger partial charge is 0.320 e. The molecule has 0 heterocycles. The van der Waals surface area contributed by atoms with Crippen molar-refractivity contribution in [1.82, 2.24) is 0 Å². The number of primary amides is 1. The Morgan fingerprint density at radius 1 is 1.50 bits per heavy atom. The van der Waals surface area contributed by atoms with E-state index in [-0.39, 0.29) is 12.3 Å². The second kappa shape index (κ2) is 4.71. The Morgan fingerprint density at radius 3 is 2.33 bits per heavy atom. The number of hydrogen-bond donors (Lipinski definition) is 3. The van der Waals surface area contributed by atoms with Crippen LogP contribution in [0.3, 0.4) is 0 Å². The number of carbonyl (C=O) groups is 2. The Kier molecular flexibility index (Phi) is 4.28. The van der Waals surface area contributed by atoms with Crippen LogP contribution in [0.15, 0.2) is 0 Å². The van der Waals surface area contributed by atoms with Crippen LogP contribution in [0.5, 0.6) is 0 Å². The number of carboxylic acids is 1. The highest BCUT2D eigenvalue weighted by Gasteiger charge is 2.19. The van der Waals surface area contributed by atoms with E-state index in [1.54, 1.807) is 6.92 Å². The quantitative estimate of drug-likeness (QED) is 0.512. The zero-order valence-corrected chi connectivity index (χ0v) is 6.99. The van der Waals surface area contributed by atoms with Crippen molar-refractivity contribution < 1.29 is 14.7 Å². The van der Waals surface area contributed by atoms with Crippen molar-refractivity contribution in [1.29, 1.82) is 0 Å². The van der Waals surface area contributed by atoms with Gasteiger partial charge in [-0.2, -0.15) is 0 Å². The summed E-state index contributed by atoms with van der Waals surface area (Å²) >= 11 is 0. The molecule has 0 unspecified atom stereocenters. The third-order valence-corrected chi connectivity index (χ3v) is 1.74. The van der Waals surface area contributed by atoms with E-state index in [1.807, 2.05) is 0 Å². The number of carbonyl (C=O) groups excluding carboxylic acids is 1. The summed E-state index contributed by atoms with van der Waals surface area (Å²) in [5.74, 6) is -1.71. The van der Waals surface area contributed by atoms with Crippen molar-refractivity contribution in [3.8, 4) is 0 Å². The van der Waals surface area contributed by atoms with Gasteiger partial charge in [0.15, 0.2) is 0 Å². The standard InChI is InChI=1S/C7H14N2O3/c1-4(2-3-5(8)10)6(9)7(11)12/h4,6H,2-3,9H2,1H3,(H2,8,10)(H,11,12)/t4-,6-/m0/s1. The molecule has 0 fully saturated rings. The lowest BCUT2D eigenvalue weighted by atomic mass is 9.97. The van der Waals surface area contributed by atoms with Crippen molar-refractivity contribution in [3.63, 3.8) is 0 Å². The Morgan fingerprint density at radius 2 is 2.00 bits per heavy atom. The molecule has 0 aromatic rings. The first-order valence-corrected chi connectivity index (χ1v) is 3.72. The molecule has 0 spiro atoms. The lowest BCUT2D eigenvalue weighted by molar-refractivity contribution is -0.140. The molecule has 5 N–H and O–H groups in total. The van der Waals surface area contributed by atoms with Crippen LogP contribution in [-0.4, -0.2) is 23.0 Å². The molecule has 0 aromatic heterocycles. The van der Waals surface area contributed by atoms with E-state index < -0.39 is 17.9 Å². The van der Waals surface area contributed by atoms with Gasteiger partial charge in [0.25, 0.3) is 0 Å². The van der Waals surface area contributed by atoms with Crippen LogP contribution >= 0.6 is 0 Å². The fourth-order valence-electron chi connectivity index (χ4n) is 0.793. The lowest BCUT2D eigenvalue weighted by Gasteiger charge is -2.14. The van der Waals surface area contributed by atoms with Crippen molar-refractivity contribution in [2.75, 3.05) is 0 Å². The fourth-order valence-corrected chi connectivity index (χ4v) is 0.793. The Hall–Kier alpha value is -1.10. The summed E-state index contributed by atoms with van der Waals surface area (Å²) in [5.41, 5.74) is 10.2. The summed E-state index contributed by atoms with van der Waals surface area (Å²) in [6.07, 6.45) is 0.602. The van der Waals surface area contributed by atoms with Gasteiger partial charge in [-0.05, 0) is 12.3 Å². The predicted molar refractivity (Wildman–Crippen MR) is 43.2 cm³/mol. The summed E-state index contributed by atoms with van der Waals surface area (Å²) < 4.78 is 0. The molecule has 0 radical (unpaired) electrons. The number of hydrogen-bond acceptors (Lipinski definition) is 3. The van der Waals surface area contributed by atoms with Gasteiger partial charge in [-0.25, -0.2) is 0 Å². The van der Waals surface area contributed by atoms with Crippen molar-refractivity contribution in [3.05, 3.63) is 0 Å². The van der Waals surface area contributed by atoms with Gasteiger partial charge in [0.1, 0.15) is 6.04 Å². The van der Waals surface area contributed by atoms with Crippen LogP contribution < -0.4 is 11.5 Å². The minimum absolute atomic E-state index is 0.183. The normalized spacial score (nSPS) is 15.2. The van der Waals surface area contributed by atoms with E-state index in [9.17, 15) is 9.59 Å². The third-order valence-electron chi connectivity index (χ3n) is 1.74. The summed E-state index contributed by atoms with van der Waals surface area (Å²) in [4.78, 5) is 20.7. The van der Waals surface area contributed by atoms with E-state index in [2.05, 4.69) is 0 Å². The Labute approximate surface area is 70.7 Å². The highest BCUT2D eigenvalue weighted by molar-refractivity contribution is 5.75. The maximum atomic E-state index is 10.3. The maximum absolute atomic E-state index is 10.3. The molecule has 0 aliphatic heterocycles. The monoisotopic (exact) mass is 174 g/mol. The van der Waals surface area contributed by atoms with Crippen LogP contribution in [0.25, 0.3) is 0 Å². The number of rotatable bonds is 5. The molecule has 0 aliphatic carbocycles. The average Bonchev–Trinajstić information content (AvgIpc) is 1.98. The number of aliphatic carboxylic acids is 1. The molecular weight excluding hydrogens is 160 g/mol. The largest absolute Gasteiger partial charge is 0.480 e. The van der Waals surface area contributed by atoms with Gasteiger partial charge in [0, 0.05) is 6.42 Å². The molecule has 0 saturated carbocycles. The zero-order valence-electron chi connectivity index (χ0n) is 6.99. The molecule has 0 saturated heterocycles. The summed E-state index contributed by atoms with van der Waals surface area (Å²) in [5, 5.41) is 8.48. The van der Waals surface area contributed by atoms with Gasteiger partial charge in [0.2, 0.25) is 5.91 Å². The molecule has 0 rings (SSSR count). The van der Waals surface area contributed by atoms with Crippen LogP contribution in [-0.2, 0) is 9.59 Å². The first-order valence-electron chi connectivity index (χ1n) is 3.72. The first kappa shape index (κ1) is 10.9. The van der Waals surface area contributed by atoms with E-state index >= 15 is 0 Å². The van der Waals surface area contributed by atoms with E-state index in [0.717, 1.165) is 0 Å². The molecule has 0 aliphatic rings. The molecule has 1 amide bonds. The molecule has 12 heavy (non-hydrogen) atoms. The average molecular weight is 174 g/mol. The molecule has 2 atom stereocenters. The van der Waals surface area contributed by atoms with Crippen molar-refractivity contribution in [2.24, 2.45) is 17.4 Å². The van der Waals surface area contributed by atoms with E-state index in [0.29, 0.717) is 6.42 Å². The first-order chi connectivity index (χ1) is 5.45. The molecule has 0 aromatic carbocycles. The highest BCUT2D eigenvalue weighted by Crippen LogP contribution is 2.08. The predicted octanol–water partition coefficient (Wildman–Crippen LogP) is -0.700. The number of carboxylic acid groups (broad SMARTS) is 1. The third kappa shape index (κ3) is 3.92. The Bertz CT molecular complexity index is 181. The summed E-state index contributed by atoms with van der Waals surface area (Å²) in [6, 6.07) is -0.913. The maximum Gasteiger partial charge on any atom is 0.320 e. The highest BCUT2D eigenvalue weighted by atomic mass is 16.4. The van der Waals surface area contributed by atoms with E-state index in [4.69, 9.17) is 16.6 Å². The number of nitrogens with two attached hydrogens (primary N) is 2. The minimum atomic E-state index is -1.05. The molecule has 70 valence electrons. The van der Waals surface area contributed by atoms with E-state index in [1.165, 1.54) is 0 Å². The van der Waals surface area contributed by atoms with Gasteiger partial charge in [0.05, 0.1) is 0 Å². The van der Waals surface area contributed by atoms with Gasteiger partial charge >= 0.3 is 5.97 Å². The summed E-state index contributed by atoms with van der Waals surface area (Å²) in [6.45, 7) is 1.68. The van der Waals surface area contributed by atoms with Crippen molar-refractivity contribution >= 4 is 11.9 Å². The van der Waals surface area contributed by atoms with Crippen LogP contribution in [0.2, 0.25) is 0 Å². The summed E-state index contributed by atoms with van der Waals surface area (Å²) in [7, 11) is 0. The number of amides is 1. The topological polar surface area (TPSA) is 106 Å². The molecule has 0 bridgehead atoms. The fraction of sp³-hybridized carbons (Fsp3) is 0.714. The second-order valence-corrected chi connectivity index (χ2v) is 2.85. The second-order valence-electron chi connectivity index (χ2n) is 2.85. The van der Waals surface area contributed by atoms with Crippen LogP contribution in [0.1, 0.15) is 19.8 Å². The van der Waals surface area contributed by atoms with Gasteiger partial charge in [-0.1, -0.05) is 6.92 Å². The van der Waals surface area contributed by atoms with Crippen LogP contribution in [0, 0.1) is 5.92 Å². The Balaban J connectivity index is 3.79. The van der Waals surface area contributed by atoms with Gasteiger partial charge < -0.3 is 16.6 Å².